The molecule has 4 heteroatoms. The largest absolute Gasteiger partial charge is 0.304 e. The van der Waals surface area contributed by atoms with E-state index in [1.165, 1.54) is 0 Å². The average molecular weight is 348 g/mol. The van der Waals surface area contributed by atoms with Crippen LogP contribution in [0.25, 0.3) is 6.08 Å². The van der Waals surface area contributed by atoms with E-state index >= 15 is 0 Å². The molecule has 2 aromatic carbocycles. The minimum atomic E-state index is -0.0555. The molecule has 1 aromatic heterocycles. The number of thiazole rings is 1. The molecule has 1 amide bonds. The molecule has 0 aliphatic carbocycles. The molecule has 0 aliphatic heterocycles. The van der Waals surface area contributed by atoms with Crippen molar-refractivity contribution in [3.05, 3.63) is 87.9 Å². The maximum atomic E-state index is 12.9. The van der Waals surface area contributed by atoms with Gasteiger partial charge in [0.05, 0.1) is 17.2 Å². The number of benzene rings is 2. The van der Waals surface area contributed by atoms with E-state index in [1.807, 2.05) is 73.8 Å². The van der Waals surface area contributed by atoms with Crippen molar-refractivity contribution in [1.82, 2.24) is 4.98 Å². The first-order valence-corrected chi connectivity index (χ1v) is 9.02. The smallest absolute Gasteiger partial charge is 0.251 e. The molecular weight excluding hydrogens is 328 g/mol. The molecule has 1 heterocycles. The van der Waals surface area contributed by atoms with Gasteiger partial charge in [0.2, 0.25) is 0 Å². The van der Waals surface area contributed by atoms with Gasteiger partial charge in [-0.3, -0.25) is 4.79 Å². The molecular formula is C21H20N2OS. The Hall–Kier alpha value is -2.72. The number of nitrogens with zero attached hydrogens (tertiary/aromatic N) is 2. The SMILES string of the molecule is Cc1cccc(N(Cc2ccccc2)C(=O)C=Cc2csc(C)n2)c1. The van der Waals surface area contributed by atoms with Crippen LogP contribution in [0.5, 0.6) is 0 Å². The lowest BCUT2D eigenvalue weighted by atomic mass is 10.1. The van der Waals surface area contributed by atoms with Crippen molar-refractivity contribution in [2.45, 2.75) is 20.4 Å². The van der Waals surface area contributed by atoms with Gasteiger partial charge < -0.3 is 4.90 Å². The zero-order chi connectivity index (χ0) is 17.6. The number of aromatic nitrogens is 1. The molecule has 0 N–H and O–H groups in total. The number of aryl methyl sites for hydroxylation is 2. The van der Waals surface area contributed by atoms with Crippen molar-refractivity contribution in [2.75, 3.05) is 4.90 Å². The molecule has 0 atom stereocenters. The summed E-state index contributed by atoms with van der Waals surface area (Å²) in [6, 6.07) is 18.0. The molecule has 0 radical (unpaired) electrons. The third-order valence-corrected chi connectivity index (χ3v) is 4.59. The molecule has 3 aromatic rings. The Balaban J connectivity index is 1.87. The fraction of sp³-hybridized carbons (Fsp3) is 0.143. The van der Waals surface area contributed by atoms with E-state index in [-0.39, 0.29) is 5.91 Å². The Labute approximate surface area is 152 Å². The standard InChI is InChI=1S/C21H20N2OS/c1-16-7-6-10-20(13-16)23(14-18-8-4-3-5-9-18)21(24)12-11-19-15-25-17(2)22-19/h3-13,15H,14H2,1-2H3. The summed E-state index contributed by atoms with van der Waals surface area (Å²) >= 11 is 1.58. The number of carbonyl (C=O) groups excluding carboxylic acids is 1. The van der Waals surface area contributed by atoms with Crippen molar-refractivity contribution in [2.24, 2.45) is 0 Å². The van der Waals surface area contributed by atoms with Gasteiger partial charge in [0, 0.05) is 17.1 Å². The Kier molecular flexibility index (Phi) is 5.41. The van der Waals surface area contributed by atoms with Gasteiger partial charge in [-0.25, -0.2) is 4.98 Å². The highest BCUT2D eigenvalue weighted by atomic mass is 32.1. The summed E-state index contributed by atoms with van der Waals surface area (Å²) in [5.41, 5.74) is 3.94. The molecule has 0 saturated heterocycles. The van der Waals surface area contributed by atoms with E-state index in [4.69, 9.17) is 0 Å². The summed E-state index contributed by atoms with van der Waals surface area (Å²) in [7, 11) is 0. The number of hydrogen-bond donors (Lipinski definition) is 0. The normalized spacial score (nSPS) is 11.0. The Morgan fingerprint density at radius 2 is 1.92 bits per heavy atom. The van der Waals surface area contributed by atoms with Crippen LogP contribution in [0.4, 0.5) is 5.69 Å². The summed E-state index contributed by atoms with van der Waals surface area (Å²) in [6.45, 7) is 4.52. The summed E-state index contributed by atoms with van der Waals surface area (Å²) < 4.78 is 0. The molecule has 3 nitrogen and oxygen atoms in total. The maximum Gasteiger partial charge on any atom is 0.251 e. The summed E-state index contributed by atoms with van der Waals surface area (Å²) in [6.07, 6.45) is 3.37. The molecule has 0 bridgehead atoms. The lowest BCUT2D eigenvalue weighted by Crippen LogP contribution is -2.28. The number of rotatable bonds is 5. The van der Waals surface area contributed by atoms with Crippen LogP contribution in [0.2, 0.25) is 0 Å². The second-order valence-electron chi connectivity index (χ2n) is 5.87. The molecule has 3 rings (SSSR count). The number of carbonyl (C=O) groups is 1. The molecule has 0 saturated carbocycles. The van der Waals surface area contributed by atoms with E-state index in [1.54, 1.807) is 28.4 Å². The van der Waals surface area contributed by atoms with Crippen molar-refractivity contribution in [3.8, 4) is 0 Å². The first-order valence-electron chi connectivity index (χ1n) is 8.14. The molecule has 25 heavy (non-hydrogen) atoms. The predicted octanol–water partition coefficient (Wildman–Crippen LogP) is 5.01. The van der Waals surface area contributed by atoms with Crippen LogP contribution < -0.4 is 4.90 Å². The van der Waals surface area contributed by atoms with Crippen LogP contribution in [0.1, 0.15) is 21.8 Å². The fourth-order valence-electron chi connectivity index (χ4n) is 2.56. The Morgan fingerprint density at radius 3 is 2.60 bits per heavy atom. The highest BCUT2D eigenvalue weighted by molar-refractivity contribution is 7.09. The quantitative estimate of drug-likeness (QED) is 0.608. The monoisotopic (exact) mass is 348 g/mol. The van der Waals surface area contributed by atoms with Crippen molar-refractivity contribution in [3.63, 3.8) is 0 Å². The van der Waals surface area contributed by atoms with Gasteiger partial charge in [-0.2, -0.15) is 0 Å². The van der Waals surface area contributed by atoms with Crippen molar-refractivity contribution >= 4 is 29.0 Å². The summed E-state index contributed by atoms with van der Waals surface area (Å²) in [5.74, 6) is -0.0555. The Morgan fingerprint density at radius 1 is 1.12 bits per heavy atom. The average Bonchev–Trinajstić information content (AvgIpc) is 3.04. The van der Waals surface area contributed by atoms with Crippen LogP contribution in [0.3, 0.4) is 0 Å². The van der Waals surface area contributed by atoms with Crippen molar-refractivity contribution < 1.29 is 4.79 Å². The molecule has 0 spiro atoms. The van der Waals surface area contributed by atoms with Gasteiger partial charge in [0.15, 0.2) is 0 Å². The topological polar surface area (TPSA) is 33.2 Å². The third-order valence-electron chi connectivity index (χ3n) is 3.80. The van der Waals surface area contributed by atoms with Gasteiger partial charge in [0.25, 0.3) is 5.91 Å². The zero-order valence-corrected chi connectivity index (χ0v) is 15.2. The van der Waals surface area contributed by atoms with E-state index in [0.717, 1.165) is 27.5 Å². The minimum Gasteiger partial charge on any atom is -0.304 e. The second kappa shape index (κ2) is 7.90. The number of anilines is 1. The van der Waals surface area contributed by atoms with Crippen LogP contribution in [0, 0.1) is 13.8 Å². The Bertz CT molecular complexity index is 884. The molecule has 0 unspecified atom stereocenters. The van der Waals surface area contributed by atoms with Gasteiger partial charge in [-0.15, -0.1) is 11.3 Å². The summed E-state index contributed by atoms with van der Waals surface area (Å²) in [4.78, 5) is 19.0. The predicted molar refractivity (Wildman–Crippen MR) is 105 cm³/mol. The first kappa shape index (κ1) is 17.1. The van der Waals surface area contributed by atoms with Gasteiger partial charge in [-0.05, 0) is 43.2 Å². The van der Waals surface area contributed by atoms with E-state index in [9.17, 15) is 4.79 Å². The van der Waals surface area contributed by atoms with Crippen LogP contribution in [0.15, 0.2) is 66.1 Å². The van der Waals surface area contributed by atoms with E-state index < -0.39 is 0 Å². The fourth-order valence-corrected chi connectivity index (χ4v) is 3.14. The minimum absolute atomic E-state index is 0.0555. The number of amides is 1. The third kappa shape index (κ3) is 4.64. The van der Waals surface area contributed by atoms with E-state index in [2.05, 4.69) is 4.98 Å². The van der Waals surface area contributed by atoms with Crippen LogP contribution in [-0.2, 0) is 11.3 Å². The van der Waals surface area contributed by atoms with E-state index in [0.29, 0.717) is 6.54 Å². The molecule has 0 fully saturated rings. The summed E-state index contributed by atoms with van der Waals surface area (Å²) in [5, 5.41) is 2.94. The highest BCUT2D eigenvalue weighted by Crippen LogP contribution is 2.20. The molecule has 126 valence electrons. The number of hydrogen-bond acceptors (Lipinski definition) is 3. The zero-order valence-electron chi connectivity index (χ0n) is 14.3. The molecule has 0 aliphatic rings. The van der Waals surface area contributed by atoms with Crippen molar-refractivity contribution in [1.29, 1.82) is 0 Å². The van der Waals surface area contributed by atoms with Gasteiger partial charge >= 0.3 is 0 Å². The first-order chi connectivity index (χ1) is 12.1. The van der Waals surface area contributed by atoms with Gasteiger partial charge in [-0.1, -0.05) is 42.5 Å². The van der Waals surface area contributed by atoms with Crippen LogP contribution >= 0.6 is 11.3 Å². The highest BCUT2D eigenvalue weighted by Gasteiger charge is 2.14. The lowest BCUT2D eigenvalue weighted by molar-refractivity contribution is -0.114. The van der Waals surface area contributed by atoms with Crippen LogP contribution in [-0.4, -0.2) is 10.9 Å². The second-order valence-corrected chi connectivity index (χ2v) is 6.94. The maximum absolute atomic E-state index is 12.9. The lowest BCUT2D eigenvalue weighted by Gasteiger charge is -2.22. The van der Waals surface area contributed by atoms with Gasteiger partial charge in [0.1, 0.15) is 0 Å².